The zero-order chi connectivity index (χ0) is 15.9. The fourth-order valence-corrected chi connectivity index (χ4v) is 3.63. The van der Waals surface area contributed by atoms with Crippen molar-refractivity contribution in [3.8, 4) is 11.1 Å². The summed E-state index contributed by atoms with van der Waals surface area (Å²) in [6, 6.07) is 7.66. The molecule has 0 atom stereocenters. The molecule has 2 aromatic heterocycles. The monoisotopic (exact) mass is 378 g/mol. The molecule has 5 nitrogen and oxygen atoms in total. The van der Waals surface area contributed by atoms with E-state index in [-0.39, 0.29) is 5.56 Å². The Bertz CT molecular complexity index is 928. The molecule has 0 bridgehead atoms. The average Bonchev–Trinajstić information content (AvgIpc) is 2.80. The van der Waals surface area contributed by atoms with E-state index in [1.807, 2.05) is 31.2 Å². The van der Waals surface area contributed by atoms with Crippen molar-refractivity contribution in [2.45, 2.75) is 13.5 Å². The van der Waals surface area contributed by atoms with Gasteiger partial charge in [-0.1, -0.05) is 28.1 Å². The minimum absolute atomic E-state index is 0.324. The summed E-state index contributed by atoms with van der Waals surface area (Å²) in [5.41, 5.74) is 1.42. The first-order valence-electron chi connectivity index (χ1n) is 6.43. The van der Waals surface area contributed by atoms with Gasteiger partial charge in [0.15, 0.2) is 0 Å². The number of carboxylic acid groups (broad SMARTS) is 1. The smallest absolute Gasteiger partial charge is 0.323 e. The van der Waals surface area contributed by atoms with Crippen LogP contribution in [0.25, 0.3) is 21.3 Å². The van der Waals surface area contributed by atoms with Gasteiger partial charge < -0.3 is 5.11 Å². The molecule has 3 rings (SSSR count). The Hall–Kier alpha value is -1.99. The summed E-state index contributed by atoms with van der Waals surface area (Å²) in [4.78, 5) is 29.3. The Morgan fingerprint density at radius 1 is 1.36 bits per heavy atom. The first-order valence-corrected chi connectivity index (χ1v) is 8.04. The number of aliphatic carboxylic acids is 1. The van der Waals surface area contributed by atoms with Gasteiger partial charge in [-0.15, -0.1) is 11.3 Å². The number of hydrogen-bond acceptors (Lipinski definition) is 4. The summed E-state index contributed by atoms with van der Waals surface area (Å²) >= 11 is 4.83. The van der Waals surface area contributed by atoms with Gasteiger partial charge in [-0.05, 0) is 24.6 Å². The van der Waals surface area contributed by atoms with Gasteiger partial charge in [0.1, 0.15) is 11.4 Å². The van der Waals surface area contributed by atoms with E-state index in [1.165, 1.54) is 17.7 Å². The van der Waals surface area contributed by atoms with Crippen molar-refractivity contribution in [3.63, 3.8) is 0 Å². The maximum atomic E-state index is 12.6. The van der Waals surface area contributed by atoms with Crippen molar-refractivity contribution in [2.24, 2.45) is 0 Å². The lowest BCUT2D eigenvalue weighted by Gasteiger charge is -2.04. The van der Waals surface area contributed by atoms with Gasteiger partial charge in [0.05, 0.1) is 11.7 Å². The lowest BCUT2D eigenvalue weighted by atomic mass is 10.0. The molecule has 7 heteroatoms. The van der Waals surface area contributed by atoms with Gasteiger partial charge in [0.25, 0.3) is 5.56 Å². The van der Waals surface area contributed by atoms with E-state index in [0.29, 0.717) is 10.2 Å². The van der Waals surface area contributed by atoms with Gasteiger partial charge >= 0.3 is 5.97 Å². The highest BCUT2D eigenvalue weighted by atomic mass is 79.9. The molecule has 22 heavy (non-hydrogen) atoms. The van der Waals surface area contributed by atoms with Gasteiger partial charge in [-0.25, -0.2) is 4.98 Å². The number of hydrogen-bond donors (Lipinski definition) is 1. The number of fused-ring (bicyclic) bond motifs is 1. The van der Waals surface area contributed by atoms with Crippen LogP contribution in [-0.4, -0.2) is 20.6 Å². The van der Waals surface area contributed by atoms with E-state index in [2.05, 4.69) is 20.9 Å². The standard InChI is InChI=1S/C15H11BrN2O3S/c1-8-12(9-2-4-10(16)5-3-9)13-14(22-8)17-7-18(15(13)21)6-11(19)20/h2-5,7H,6H2,1H3,(H,19,20). The molecule has 0 fully saturated rings. The van der Waals surface area contributed by atoms with E-state index >= 15 is 0 Å². The predicted octanol–water partition coefficient (Wildman–Crippen LogP) is 3.28. The maximum absolute atomic E-state index is 12.6. The first-order chi connectivity index (χ1) is 10.5. The van der Waals surface area contributed by atoms with Crippen molar-refractivity contribution < 1.29 is 9.90 Å². The number of thiophene rings is 1. The van der Waals surface area contributed by atoms with E-state index in [0.717, 1.165) is 25.0 Å². The van der Waals surface area contributed by atoms with Crippen LogP contribution in [0.1, 0.15) is 4.88 Å². The highest BCUT2D eigenvalue weighted by Crippen LogP contribution is 2.35. The van der Waals surface area contributed by atoms with Crippen molar-refractivity contribution in [1.29, 1.82) is 0 Å². The van der Waals surface area contributed by atoms with Crippen LogP contribution in [0.2, 0.25) is 0 Å². The average molecular weight is 379 g/mol. The van der Waals surface area contributed by atoms with E-state index in [4.69, 9.17) is 5.11 Å². The summed E-state index contributed by atoms with van der Waals surface area (Å²) in [7, 11) is 0. The molecule has 0 aliphatic carbocycles. The Kier molecular flexibility index (Phi) is 3.84. The number of aryl methyl sites for hydroxylation is 1. The second-order valence-electron chi connectivity index (χ2n) is 4.79. The van der Waals surface area contributed by atoms with Gasteiger partial charge in [-0.3, -0.25) is 14.2 Å². The third-order valence-electron chi connectivity index (χ3n) is 3.29. The molecule has 1 N–H and O–H groups in total. The van der Waals surface area contributed by atoms with Gasteiger partial charge in [-0.2, -0.15) is 0 Å². The van der Waals surface area contributed by atoms with Crippen LogP contribution < -0.4 is 5.56 Å². The highest BCUT2D eigenvalue weighted by Gasteiger charge is 2.17. The number of rotatable bonds is 3. The van der Waals surface area contributed by atoms with Crippen LogP contribution in [0.5, 0.6) is 0 Å². The molecule has 0 saturated carbocycles. The Morgan fingerprint density at radius 3 is 2.68 bits per heavy atom. The molecule has 0 spiro atoms. The van der Waals surface area contributed by atoms with Crippen LogP contribution in [0, 0.1) is 6.92 Å². The second-order valence-corrected chi connectivity index (χ2v) is 6.91. The summed E-state index contributed by atoms with van der Waals surface area (Å²) in [5, 5.41) is 9.38. The molecule has 1 aromatic carbocycles. The molecule has 0 unspecified atom stereocenters. The first kappa shape index (κ1) is 14.9. The van der Waals surface area contributed by atoms with Gasteiger partial charge in [0, 0.05) is 14.9 Å². The second kappa shape index (κ2) is 5.66. The van der Waals surface area contributed by atoms with E-state index < -0.39 is 12.5 Å². The zero-order valence-corrected chi connectivity index (χ0v) is 13.9. The number of halogens is 1. The SMILES string of the molecule is Cc1sc2ncn(CC(=O)O)c(=O)c2c1-c1ccc(Br)cc1. The highest BCUT2D eigenvalue weighted by molar-refractivity contribution is 9.10. The van der Waals surface area contributed by atoms with Crippen molar-refractivity contribution in [3.05, 3.63) is 50.3 Å². The van der Waals surface area contributed by atoms with E-state index in [9.17, 15) is 9.59 Å². The quantitative estimate of drug-likeness (QED) is 0.758. The molecular formula is C15H11BrN2O3S. The van der Waals surface area contributed by atoms with Crippen LogP contribution in [0.4, 0.5) is 0 Å². The summed E-state index contributed by atoms with van der Waals surface area (Å²) in [6.45, 7) is 1.54. The predicted molar refractivity (Wildman–Crippen MR) is 89.4 cm³/mol. The molecular weight excluding hydrogens is 368 g/mol. The third kappa shape index (κ3) is 2.57. The summed E-state index contributed by atoms with van der Waals surface area (Å²) in [5.74, 6) is -1.07. The fraction of sp³-hybridized carbons (Fsp3) is 0.133. The van der Waals surface area contributed by atoms with Crippen LogP contribution >= 0.6 is 27.3 Å². The number of carbonyl (C=O) groups is 1. The lowest BCUT2D eigenvalue weighted by Crippen LogP contribution is -2.24. The third-order valence-corrected chi connectivity index (χ3v) is 4.84. The maximum Gasteiger partial charge on any atom is 0.323 e. The van der Waals surface area contributed by atoms with E-state index in [1.54, 1.807) is 0 Å². The number of aromatic nitrogens is 2. The van der Waals surface area contributed by atoms with Crippen molar-refractivity contribution in [2.75, 3.05) is 0 Å². The molecule has 112 valence electrons. The van der Waals surface area contributed by atoms with Gasteiger partial charge in [0.2, 0.25) is 0 Å². The van der Waals surface area contributed by atoms with Crippen LogP contribution in [0.15, 0.2) is 39.9 Å². The molecule has 0 amide bonds. The van der Waals surface area contributed by atoms with Crippen molar-refractivity contribution in [1.82, 2.24) is 9.55 Å². The molecule has 0 aliphatic heterocycles. The minimum atomic E-state index is -1.07. The Morgan fingerprint density at radius 2 is 2.05 bits per heavy atom. The summed E-state index contributed by atoms with van der Waals surface area (Å²) < 4.78 is 2.08. The molecule has 2 heterocycles. The Labute approximate surface area is 138 Å². The molecule has 0 saturated heterocycles. The van der Waals surface area contributed by atoms with Crippen LogP contribution in [0.3, 0.4) is 0 Å². The minimum Gasteiger partial charge on any atom is -0.480 e. The number of nitrogens with zero attached hydrogens (tertiary/aromatic N) is 2. The lowest BCUT2D eigenvalue weighted by molar-refractivity contribution is -0.137. The molecule has 0 radical (unpaired) electrons. The molecule has 0 aliphatic rings. The largest absolute Gasteiger partial charge is 0.480 e. The van der Waals surface area contributed by atoms with Crippen molar-refractivity contribution >= 4 is 43.5 Å². The zero-order valence-electron chi connectivity index (χ0n) is 11.5. The number of benzene rings is 1. The summed E-state index contributed by atoms with van der Waals surface area (Å²) in [6.07, 6.45) is 1.29. The van der Waals surface area contributed by atoms with Crippen LogP contribution in [-0.2, 0) is 11.3 Å². The molecule has 3 aromatic rings. The topological polar surface area (TPSA) is 72.2 Å². The fourth-order valence-electron chi connectivity index (χ4n) is 2.36. The Balaban J connectivity index is 2.29. The number of carboxylic acids is 1. The normalized spacial score (nSPS) is 11.0.